The van der Waals surface area contributed by atoms with Crippen LogP contribution in [-0.2, 0) is 28.6 Å². The average Bonchev–Trinajstić information content (AvgIpc) is 2.60. The fraction of sp³-hybridized carbons (Fsp3) is 0.300. The van der Waals surface area contributed by atoms with E-state index in [1.807, 2.05) is 6.92 Å². The molecule has 0 saturated carbocycles. The number of amides is 1. The van der Waals surface area contributed by atoms with Gasteiger partial charge in [0.05, 0.1) is 12.0 Å². The number of aliphatic carboxylic acids is 1. The number of carbonyl (C=O) groups is 2. The van der Waals surface area contributed by atoms with Crippen LogP contribution < -0.4 is 5.32 Å². The van der Waals surface area contributed by atoms with Crippen LogP contribution in [0.2, 0.25) is 0 Å². The molecule has 1 unspecified atom stereocenters. The Balaban J connectivity index is 2.09. The van der Waals surface area contributed by atoms with Gasteiger partial charge in [-0.2, -0.15) is 13.2 Å². The molecule has 27 heavy (non-hydrogen) atoms. The maximum Gasteiger partial charge on any atom is 0.416 e. The van der Waals surface area contributed by atoms with Gasteiger partial charge in [0, 0.05) is 11.6 Å². The van der Waals surface area contributed by atoms with Gasteiger partial charge in [-0.25, -0.2) is 0 Å². The minimum atomic E-state index is -4.39. The van der Waals surface area contributed by atoms with Crippen molar-refractivity contribution in [1.82, 2.24) is 0 Å². The minimum Gasteiger partial charge on any atom is -0.481 e. The molecule has 1 atom stereocenters. The third kappa shape index (κ3) is 5.84. The average molecular weight is 379 g/mol. The molecule has 0 aromatic heterocycles. The van der Waals surface area contributed by atoms with E-state index >= 15 is 0 Å². The van der Waals surface area contributed by atoms with Crippen molar-refractivity contribution in [2.45, 2.75) is 32.4 Å². The molecule has 0 aliphatic heterocycles. The Bertz CT molecular complexity index is 801. The van der Waals surface area contributed by atoms with Gasteiger partial charge in [-0.15, -0.1) is 0 Å². The maximum absolute atomic E-state index is 12.6. The molecule has 2 rings (SSSR count). The number of anilines is 1. The Morgan fingerprint density at radius 2 is 1.70 bits per heavy atom. The van der Waals surface area contributed by atoms with Crippen molar-refractivity contribution in [1.29, 1.82) is 0 Å². The number of nitrogens with one attached hydrogen (secondary N) is 1. The molecule has 0 saturated heterocycles. The second kappa shape index (κ2) is 8.70. The van der Waals surface area contributed by atoms with Crippen LogP contribution in [0.25, 0.3) is 0 Å². The molecular weight excluding hydrogens is 359 g/mol. The molecule has 1 amide bonds. The van der Waals surface area contributed by atoms with Crippen LogP contribution >= 0.6 is 0 Å². The van der Waals surface area contributed by atoms with Crippen LogP contribution in [0.3, 0.4) is 0 Å². The van der Waals surface area contributed by atoms with Crippen LogP contribution in [0.4, 0.5) is 18.9 Å². The minimum absolute atomic E-state index is 0.216. The van der Waals surface area contributed by atoms with E-state index in [1.165, 1.54) is 12.1 Å². The lowest BCUT2D eigenvalue weighted by Crippen LogP contribution is -2.25. The van der Waals surface area contributed by atoms with Crippen LogP contribution in [-0.4, -0.2) is 17.0 Å². The lowest BCUT2D eigenvalue weighted by molar-refractivity contribution is -0.138. The molecule has 0 heterocycles. The zero-order valence-electron chi connectivity index (χ0n) is 14.7. The zero-order chi connectivity index (χ0) is 20.0. The largest absolute Gasteiger partial charge is 0.481 e. The first kappa shape index (κ1) is 20.5. The Morgan fingerprint density at radius 1 is 1.07 bits per heavy atom. The van der Waals surface area contributed by atoms with E-state index in [2.05, 4.69) is 5.32 Å². The lowest BCUT2D eigenvalue weighted by Gasteiger charge is -2.17. The first-order valence-corrected chi connectivity index (χ1v) is 8.47. The number of para-hydroxylation sites is 1. The molecule has 0 bridgehead atoms. The maximum atomic E-state index is 12.6. The molecule has 0 aliphatic carbocycles. The zero-order valence-corrected chi connectivity index (χ0v) is 14.7. The van der Waals surface area contributed by atoms with Crippen LogP contribution in [0.5, 0.6) is 0 Å². The molecule has 0 spiro atoms. The highest BCUT2D eigenvalue weighted by molar-refractivity contribution is 5.94. The van der Waals surface area contributed by atoms with Gasteiger partial charge in [-0.3, -0.25) is 9.59 Å². The van der Waals surface area contributed by atoms with Gasteiger partial charge in [0.25, 0.3) is 0 Å². The predicted octanol–water partition coefficient (Wildman–Crippen LogP) is 4.54. The van der Waals surface area contributed by atoms with Gasteiger partial charge in [-0.05, 0) is 42.2 Å². The summed E-state index contributed by atoms with van der Waals surface area (Å²) >= 11 is 0. The smallest absolute Gasteiger partial charge is 0.416 e. The molecule has 4 nitrogen and oxygen atoms in total. The standard InChI is InChI=1S/C20H20F3NO3/c1-2-14(11-13-7-9-16(10-8-13)20(21,22)23)19(27)24-17-6-4-3-5-15(17)12-18(25)26/h3-10,14H,2,11-12H2,1H3,(H,24,27)(H,25,26). The molecule has 2 aromatic carbocycles. The van der Waals surface area contributed by atoms with E-state index in [0.29, 0.717) is 29.7 Å². The third-order valence-electron chi connectivity index (χ3n) is 4.24. The van der Waals surface area contributed by atoms with E-state index in [9.17, 15) is 22.8 Å². The van der Waals surface area contributed by atoms with Crippen LogP contribution in [0.15, 0.2) is 48.5 Å². The van der Waals surface area contributed by atoms with Gasteiger partial charge in [0.1, 0.15) is 0 Å². The topological polar surface area (TPSA) is 66.4 Å². The van der Waals surface area contributed by atoms with E-state index in [1.54, 1.807) is 24.3 Å². The predicted molar refractivity (Wildman–Crippen MR) is 95.3 cm³/mol. The lowest BCUT2D eigenvalue weighted by atomic mass is 9.95. The van der Waals surface area contributed by atoms with E-state index in [-0.39, 0.29) is 12.3 Å². The first-order chi connectivity index (χ1) is 12.7. The summed E-state index contributed by atoms with van der Waals surface area (Å²) in [7, 11) is 0. The molecule has 7 heteroatoms. The van der Waals surface area contributed by atoms with E-state index in [4.69, 9.17) is 5.11 Å². The van der Waals surface area contributed by atoms with Gasteiger partial charge in [0.15, 0.2) is 0 Å². The molecule has 0 aliphatic rings. The van der Waals surface area contributed by atoms with Crippen molar-refractivity contribution in [2.75, 3.05) is 5.32 Å². The Labute approximate surface area is 155 Å². The number of benzene rings is 2. The molecule has 2 N–H and O–H groups in total. The quantitative estimate of drug-likeness (QED) is 0.742. The third-order valence-corrected chi connectivity index (χ3v) is 4.24. The highest BCUT2D eigenvalue weighted by Gasteiger charge is 2.30. The summed E-state index contributed by atoms with van der Waals surface area (Å²) in [6.07, 6.45) is -3.82. The summed E-state index contributed by atoms with van der Waals surface area (Å²) < 4.78 is 37.9. The molecule has 2 aromatic rings. The summed E-state index contributed by atoms with van der Waals surface area (Å²) in [6.45, 7) is 1.82. The van der Waals surface area contributed by atoms with Crippen molar-refractivity contribution < 1.29 is 27.9 Å². The van der Waals surface area contributed by atoms with Crippen molar-refractivity contribution in [3.8, 4) is 0 Å². The Morgan fingerprint density at radius 3 is 2.26 bits per heavy atom. The second-order valence-corrected chi connectivity index (χ2v) is 6.22. The highest BCUT2D eigenvalue weighted by atomic mass is 19.4. The number of rotatable bonds is 7. The second-order valence-electron chi connectivity index (χ2n) is 6.22. The summed E-state index contributed by atoms with van der Waals surface area (Å²) in [5.41, 5.74) is 0.814. The van der Waals surface area contributed by atoms with Gasteiger partial charge < -0.3 is 10.4 Å². The molecule has 0 fully saturated rings. The van der Waals surface area contributed by atoms with Crippen molar-refractivity contribution in [2.24, 2.45) is 5.92 Å². The molecular formula is C20H20F3NO3. The van der Waals surface area contributed by atoms with Crippen LogP contribution in [0.1, 0.15) is 30.0 Å². The van der Waals surface area contributed by atoms with Crippen LogP contribution in [0, 0.1) is 5.92 Å². The summed E-state index contributed by atoms with van der Waals surface area (Å²) in [4.78, 5) is 23.5. The van der Waals surface area contributed by atoms with Crippen molar-refractivity contribution in [3.63, 3.8) is 0 Å². The number of carboxylic acid groups (broad SMARTS) is 1. The van der Waals surface area contributed by atoms with Gasteiger partial charge in [-0.1, -0.05) is 37.3 Å². The summed E-state index contributed by atoms with van der Waals surface area (Å²) in [5, 5.41) is 11.7. The van der Waals surface area contributed by atoms with E-state index < -0.39 is 23.6 Å². The Hall–Kier alpha value is -2.83. The van der Waals surface area contributed by atoms with E-state index in [0.717, 1.165) is 12.1 Å². The first-order valence-electron chi connectivity index (χ1n) is 8.47. The number of carbonyl (C=O) groups excluding carboxylic acids is 1. The number of alkyl halides is 3. The summed E-state index contributed by atoms with van der Waals surface area (Å²) in [5.74, 6) is -1.75. The molecule has 144 valence electrons. The fourth-order valence-electron chi connectivity index (χ4n) is 2.73. The van der Waals surface area contributed by atoms with Gasteiger partial charge in [0.2, 0.25) is 5.91 Å². The normalized spacial score (nSPS) is 12.4. The summed E-state index contributed by atoms with van der Waals surface area (Å²) in [6, 6.07) is 11.4. The fourth-order valence-corrected chi connectivity index (χ4v) is 2.73. The number of carboxylic acids is 1. The monoisotopic (exact) mass is 379 g/mol. The number of hydrogen-bond acceptors (Lipinski definition) is 2. The van der Waals surface area contributed by atoms with Gasteiger partial charge >= 0.3 is 12.1 Å². The number of halogens is 3. The highest BCUT2D eigenvalue weighted by Crippen LogP contribution is 2.29. The molecule has 0 radical (unpaired) electrons. The number of hydrogen-bond donors (Lipinski definition) is 2. The van der Waals surface area contributed by atoms with Crippen molar-refractivity contribution in [3.05, 3.63) is 65.2 Å². The SMILES string of the molecule is CCC(Cc1ccc(C(F)(F)F)cc1)C(=O)Nc1ccccc1CC(=O)O. The Kier molecular flexibility index (Phi) is 6.60. The van der Waals surface area contributed by atoms with Crippen molar-refractivity contribution >= 4 is 17.6 Å².